The van der Waals surface area contributed by atoms with Gasteiger partial charge >= 0.3 is 11.8 Å². The number of carbonyl (C=O) groups excluding carboxylic acids is 3. The van der Waals surface area contributed by atoms with Crippen LogP contribution < -0.4 is 16.1 Å². The molecule has 0 saturated carbocycles. The first-order valence-corrected chi connectivity index (χ1v) is 10.7. The van der Waals surface area contributed by atoms with Gasteiger partial charge in [-0.05, 0) is 78.7 Å². The Bertz CT molecular complexity index is 1150. The Morgan fingerprint density at radius 1 is 0.967 bits per heavy atom. The van der Waals surface area contributed by atoms with Gasteiger partial charge in [-0.25, -0.2) is 4.68 Å². The second-order valence-corrected chi connectivity index (χ2v) is 8.84. The number of carbonyl (C=O) groups is 3. The largest absolute Gasteiger partial charge is 0.346 e. The van der Waals surface area contributed by atoms with Gasteiger partial charge in [-0.15, -0.1) is 0 Å². The predicted molar refractivity (Wildman–Crippen MR) is 124 cm³/mol. The van der Waals surface area contributed by atoms with E-state index < -0.39 is 17.7 Å². The minimum atomic E-state index is -0.866. The van der Waals surface area contributed by atoms with E-state index in [0.29, 0.717) is 11.2 Å². The zero-order valence-electron chi connectivity index (χ0n) is 16.5. The molecule has 30 heavy (non-hydrogen) atoms. The molecule has 0 unspecified atom stereocenters. The molecule has 0 spiro atoms. The van der Waals surface area contributed by atoms with Gasteiger partial charge in [0.25, 0.3) is 5.91 Å². The summed E-state index contributed by atoms with van der Waals surface area (Å²) in [4.78, 5) is 37.5. The summed E-state index contributed by atoms with van der Waals surface area (Å²) in [7, 11) is 0. The SMILES string of the molecule is Cc1ccc(NC(=O)c2cc3cc(Br)ccc3n2NC(=O)C(=O)NC(C)C)c(Br)c1. The van der Waals surface area contributed by atoms with E-state index in [9.17, 15) is 14.4 Å². The zero-order chi connectivity index (χ0) is 22.0. The van der Waals surface area contributed by atoms with Crippen molar-refractivity contribution in [2.24, 2.45) is 0 Å². The number of aryl methyl sites for hydroxylation is 1. The molecule has 2 aromatic carbocycles. The summed E-state index contributed by atoms with van der Waals surface area (Å²) in [5.41, 5.74) is 4.92. The number of rotatable bonds is 4. The molecule has 0 aliphatic rings. The molecule has 0 fully saturated rings. The third-order valence-corrected chi connectivity index (χ3v) is 5.36. The molecule has 7 nitrogen and oxygen atoms in total. The van der Waals surface area contributed by atoms with Crippen LogP contribution in [0.3, 0.4) is 0 Å². The lowest BCUT2D eigenvalue weighted by atomic mass is 10.2. The van der Waals surface area contributed by atoms with E-state index in [4.69, 9.17) is 0 Å². The van der Waals surface area contributed by atoms with Crippen LogP contribution in [0.15, 0.2) is 51.4 Å². The molecule has 1 heterocycles. The summed E-state index contributed by atoms with van der Waals surface area (Å²) >= 11 is 6.85. The maximum absolute atomic E-state index is 13.0. The van der Waals surface area contributed by atoms with Gasteiger partial charge in [0.15, 0.2) is 0 Å². The predicted octanol–water partition coefficient (Wildman–Crippen LogP) is 4.32. The van der Waals surface area contributed by atoms with Crippen LogP contribution in [0.1, 0.15) is 29.9 Å². The highest BCUT2D eigenvalue weighted by Crippen LogP contribution is 2.26. The highest BCUT2D eigenvalue weighted by atomic mass is 79.9. The van der Waals surface area contributed by atoms with Gasteiger partial charge in [0.05, 0.1) is 11.2 Å². The lowest BCUT2D eigenvalue weighted by molar-refractivity contribution is -0.137. The molecule has 3 N–H and O–H groups in total. The van der Waals surface area contributed by atoms with Gasteiger partial charge in [-0.3, -0.25) is 19.8 Å². The zero-order valence-corrected chi connectivity index (χ0v) is 19.7. The van der Waals surface area contributed by atoms with Crippen molar-refractivity contribution in [2.45, 2.75) is 26.8 Å². The number of benzene rings is 2. The van der Waals surface area contributed by atoms with Gasteiger partial charge in [0.1, 0.15) is 5.69 Å². The van der Waals surface area contributed by atoms with E-state index in [1.54, 1.807) is 38.1 Å². The number of anilines is 1. The minimum absolute atomic E-state index is 0.182. The Hall–Kier alpha value is -2.65. The second-order valence-electron chi connectivity index (χ2n) is 7.07. The molecule has 0 atom stereocenters. The van der Waals surface area contributed by atoms with Gasteiger partial charge in [0.2, 0.25) is 0 Å². The summed E-state index contributed by atoms with van der Waals surface area (Å²) in [5.74, 6) is -2.08. The van der Waals surface area contributed by atoms with Crippen molar-refractivity contribution in [3.63, 3.8) is 0 Å². The first-order valence-electron chi connectivity index (χ1n) is 9.16. The molecule has 0 radical (unpaired) electrons. The fourth-order valence-electron chi connectivity index (χ4n) is 2.86. The first kappa shape index (κ1) is 22.0. The highest BCUT2D eigenvalue weighted by molar-refractivity contribution is 9.10. The minimum Gasteiger partial charge on any atom is -0.346 e. The number of hydrogen-bond acceptors (Lipinski definition) is 3. The summed E-state index contributed by atoms with van der Waals surface area (Å²) in [6.45, 7) is 5.46. The topological polar surface area (TPSA) is 92.2 Å². The molecule has 3 amide bonds. The Morgan fingerprint density at radius 3 is 2.37 bits per heavy atom. The summed E-state index contributed by atoms with van der Waals surface area (Å²) in [6.07, 6.45) is 0. The number of nitrogens with zero attached hydrogens (tertiary/aromatic N) is 1. The van der Waals surface area contributed by atoms with Crippen LogP contribution in [0.5, 0.6) is 0 Å². The average Bonchev–Trinajstić information content (AvgIpc) is 3.01. The van der Waals surface area contributed by atoms with E-state index >= 15 is 0 Å². The fraction of sp³-hybridized carbons (Fsp3) is 0.190. The second kappa shape index (κ2) is 9.01. The molecule has 3 rings (SSSR count). The Kier molecular flexibility index (Phi) is 6.62. The maximum Gasteiger partial charge on any atom is 0.328 e. The molecule has 0 saturated heterocycles. The molecule has 0 aliphatic carbocycles. The van der Waals surface area contributed by atoms with Crippen LogP contribution in [0, 0.1) is 6.92 Å². The van der Waals surface area contributed by atoms with Crippen molar-refractivity contribution in [1.82, 2.24) is 9.99 Å². The smallest absolute Gasteiger partial charge is 0.328 e. The molecule has 1 aromatic heterocycles. The standard InChI is InChI=1S/C21H20Br2N4O3/c1-11(2)24-20(29)21(30)26-27-17-7-5-14(22)9-13(17)10-18(27)19(28)25-16-6-4-12(3)8-15(16)23/h4-11H,1-3H3,(H,24,29)(H,25,28)(H,26,30). The number of nitrogens with one attached hydrogen (secondary N) is 3. The van der Waals surface area contributed by atoms with E-state index in [1.165, 1.54) is 4.68 Å². The fourth-order valence-corrected chi connectivity index (χ4v) is 3.83. The molecular weight excluding hydrogens is 516 g/mol. The first-order chi connectivity index (χ1) is 14.2. The average molecular weight is 536 g/mol. The van der Waals surface area contributed by atoms with Crippen molar-refractivity contribution in [2.75, 3.05) is 10.7 Å². The molecule has 0 bridgehead atoms. The van der Waals surface area contributed by atoms with E-state index in [0.717, 1.165) is 19.9 Å². The molecule has 0 aliphatic heterocycles. The number of halogens is 2. The van der Waals surface area contributed by atoms with E-state index in [1.807, 2.05) is 25.1 Å². The summed E-state index contributed by atoms with van der Waals surface area (Å²) in [6, 6.07) is 12.4. The van der Waals surface area contributed by atoms with Crippen LogP contribution in [0.25, 0.3) is 10.9 Å². The van der Waals surface area contributed by atoms with Crippen LogP contribution in [-0.2, 0) is 9.59 Å². The highest BCUT2D eigenvalue weighted by Gasteiger charge is 2.21. The normalized spacial score (nSPS) is 10.9. The number of hydrogen-bond donors (Lipinski definition) is 3. The lowest BCUT2D eigenvalue weighted by Gasteiger charge is -2.14. The van der Waals surface area contributed by atoms with Gasteiger partial charge in [-0.1, -0.05) is 22.0 Å². The van der Waals surface area contributed by atoms with Crippen molar-refractivity contribution in [3.8, 4) is 0 Å². The molecular formula is C21H20Br2N4O3. The number of fused-ring (bicyclic) bond motifs is 1. The van der Waals surface area contributed by atoms with Gasteiger partial charge in [-0.2, -0.15) is 0 Å². The Morgan fingerprint density at radius 2 is 1.70 bits per heavy atom. The molecule has 9 heteroatoms. The van der Waals surface area contributed by atoms with Crippen LogP contribution >= 0.6 is 31.9 Å². The molecule has 156 valence electrons. The van der Waals surface area contributed by atoms with E-state index in [-0.39, 0.29) is 11.7 Å². The Labute approximate surface area is 190 Å². The molecule has 3 aromatic rings. The summed E-state index contributed by atoms with van der Waals surface area (Å²) in [5, 5.41) is 6.09. The van der Waals surface area contributed by atoms with Crippen LogP contribution in [0.4, 0.5) is 5.69 Å². The third kappa shape index (κ3) is 4.91. The Balaban J connectivity index is 1.98. The quantitative estimate of drug-likeness (QED) is 0.434. The number of amides is 3. The van der Waals surface area contributed by atoms with E-state index in [2.05, 4.69) is 47.9 Å². The summed E-state index contributed by atoms with van der Waals surface area (Å²) < 4.78 is 2.88. The monoisotopic (exact) mass is 534 g/mol. The van der Waals surface area contributed by atoms with Gasteiger partial charge in [0, 0.05) is 20.4 Å². The lowest BCUT2D eigenvalue weighted by Crippen LogP contribution is -2.42. The van der Waals surface area contributed by atoms with Crippen molar-refractivity contribution in [3.05, 3.63) is 62.7 Å². The van der Waals surface area contributed by atoms with Crippen LogP contribution in [0.2, 0.25) is 0 Å². The van der Waals surface area contributed by atoms with Crippen LogP contribution in [-0.4, -0.2) is 28.4 Å². The van der Waals surface area contributed by atoms with Crippen molar-refractivity contribution in [1.29, 1.82) is 0 Å². The number of aromatic nitrogens is 1. The van der Waals surface area contributed by atoms with Crippen molar-refractivity contribution >= 4 is 66.2 Å². The maximum atomic E-state index is 13.0. The van der Waals surface area contributed by atoms with Gasteiger partial charge < -0.3 is 10.6 Å². The third-order valence-electron chi connectivity index (χ3n) is 4.21. The van der Waals surface area contributed by atoms with Crippen molar-refractivity contribution < 1.29 is 14.4 Å².